The number of carbonyl (C=O) groups excluding carboxylic acids is 2. The molecule has 4 rings (SSSR count). The maximum atomic E-state index is 14.3. The van der Waals surface area contributed by atoms with Crippen LogP contribution in [0.25, 0.3) is 0 Å². The summed E-state index contributed by atoms with van der Waals surface area (Å²) < 4.78 is 27.3. The van der Waals surface area contributed by atoms with E-state index < -0.39 is 28.2 Å². The van der Waals surface area contributed by atoms with Gasteiger partial charge in [-0.15, -0.1) is 11.3 Å². The standard InChI is InChI=1S/C28H45N5O6S2/c1-20(2)19-41(38,39)32-12-10-21(11-13-32)25(30-22-7-4-3-5-8-22)27(35)33-15-14-31(28(36)37)18-24(33)26(34)29-17-23-9-6-16-40-23/h6,9,16,20-22,24-25,30H,3-5,7-8,10-15,17-19H2,1-2H3,(H,29,34)(H,36,37)/t24-,25+/m0/s1. The molecule has 0 aromatic carbocycles. The molecular formula is C28H45N5O6S2. The normalized spacial score (nSPS) is 22.6. The first-order valence-corrected chi connectivity index (χ1v) is 17.4. The predicted octanol–water partition coefficient (Wildman–Crippen LogP) is 2.54. The lowest BCUT2D eigenvalue weighted by atomic mass is 9.86. The summed E-state index contributed by atoms with van der Waals surface area (Å²) in [5, 5.41) is 18.1. The van der Waals surface area contributed by atoms with Crippen molar-refractivity contribution in [2.24, 2.45) is 11.8 Å². The molecule has 3 N–H and O–H groups in total. The number of nitrogens with zero attached hydrogens (tertiary/aromatic N) is 3. The molecular weight excluding hydrogens is 566 g/mol. The molecule has 3 fully saturated rings. The number of hydrogen-bond acceptors (Lipinski definition) is 7. The van der Waals surface area contributed by atoms with Gasteiger partial charge in [0.15, 0.2) is 0 Å². The Morgan fingerprint density at radius 2 is 1.76 bits per heavy atom. The molecule has 0 bridgehead atoms. The number of thiophene rings is 1. The number of piperazine rings is 1. The van der Waals surface area contributed by atoms with E-state index in [0.717, 1.165) is 30.6 Å². The molecule has 11 nitrogen and oxygen atoms in total. The Morgan fingerprint density at radius 1 is 1.05 bits per heavy atom. The van der Waals surface area contributed by atoms with Crippen LogP contribution in [0.4, 0.5) is 4.79 Å². The minimum atomic E-state index is -3.35. The molecule has 2 aliphatic heterocycles. The van der Waals surface area contributed by atoms with Crippen LogP contribution >= 0.6 is 11.3 Å². The number of carbonyl (C=O) groups is 3. The smallest absolute Gasteiger partial charge is 0.407 e. The summed E-state index contributed by atoms with van der Waals surface area (Å²) in [5.74, 6) is -0.505. The van der Waals surface area contributed by atoms with Crippen LogP contribution in [-0.2, 0) is 26.2 Å². The predicted molar refractivity (Wildman–Crippen MR) is 158 cm³/mol. The van der Waals surface area contributed by atoms with Gasteiger partial charge in [-0.3, -0.25) is 9.59 Å². The summed E-state index contributed by atoms with van der Waals surface area (Å²) in [5.41, 5.74) is 0. The molecule has 230 valence electrons. The molecule has 3 amide bonds. The molecule has 2 saturated heterocycles. The Morgan fingerprint density at radius 3 is 2.37 bits per heavy atom. The zero-order valence-electron chi connectivity index (χ0n) is 24.2. The number of rotatable bonds is 10. The molecule has 1 saturated carbocycles. The van der Waals surface area contributed by atoms with Crippen LogP contribution in [0.5, 0.6) is 0 Å². The largest absolute Gasteiger partial charge is 0.465 e. The maximum Gasteiger partial charge on any atom is 0.407 e. The van der Waals surface area contributed by atoms with Crippen LogP contribution in [0, 0.1) is 11.8 Å². The lowest BCUT2D eigenvalue weighted by Gasteiger charge is -2.44. The Labute approximate surface area is 247 Å². The van der Waals surface area contributed by atoms with Gasteiger partial charge in [0, 0.05) is 37.1 Å². The van der Waals surface area contributed by atoms with Gasteiger partial charge >= 0.3 is 6.09 Å². The van der Waals surface area contributed by atoms with Crippen molar-refractivity contribution in [3.05, 3.63) is 22.4 Å². The summed E-state index contributed by atoms with van der Waals surface area (Å²) in [7, 11) is -3.35. The second-order valence-electron chi connectivity index (χ2n) is 12.0. The number of piperidine rings is 1. The fraction of sp³-hybridized carbons (Fsp3) is 0.750. The molecule has 1 aromatic rings. The van der Waals surface area contributed by atoms with Gasteiger partial charge in [0.2, 0.25) is 21.8 Å². The van der Waals surface area contributed by atoms with Gasteiger partial charge in [-0.05, 0) is 49.0 Å². The third-order valence-corrected chi connectivity index (χ3v) is 11.6. The molecule has 3 heterocycles. The second-order valence-corrected chi connectivity index (χ2v) is 15.0. The fourth-order valence-electron chi connectivity index (χ4n) is 6.27. The Balaban J connectivity index is 1.51. The van der Waals surface area contributed by atoms with E-state index in [9.17, 15) is 27.9 Å². The number of hydrogen-bond donors (Lipinski definition) is 3. The molecule has 1 aliphatic carbocycles. The maximum absolute atomic E-state index is 14.3. The van der Waals surface area contributed by atoms with Gasteiger partial charge in [-0.2, -0.15) is 0 Å². The highest BCUT2D eigenvalue weighted by molar-refractivity contribution is 7.89. The molecule has 3 aliphatic rings. The first kappa shape index (κ1) is 31.7. The Hall–Kier alpha value is -2.22. The number of nitrogens with one attached hydrogen (secondary N) is 2. The van der Waals surface area contributed by atoms with Gasteiger partial charge in [-0.25, -0.2) is 17.5 Å². The third-order valence-electron chi connectivity index (χ3n) is 8.45. The van der Waals surface area contributed by atoms with Crippen LogP contribution in [0.2, 0.25) is 0 Å². The molecule has 1 aromatic heterocycles. The van der Waals surface area contributed by atoms with Crippen LogP contribution in [0.15, 0.2) is 17.5 Å². The quantitative estimate of drug-likeness (QED) is 0.370. The molecule has 13 heteroatoms. The van der Waals surface area contributed by atoms with E-state index >= 15 is 0 Å². The summed E-state index contributed by atoms with van der Waals surface area (Å²) in [4.78, 5) is 43.2. The minimum Gasteiger partial charge on any atom is -0.465 e. The van der Waals surface area contributed by atoms with Crippen LogP contribution in [-0.4, -0.2) is 102 Å². The van der Waals surface area contributed by atoms with Crippen molar-refractivity contribution in [1.82, 2.24) is 24.7 Å². The van der Waals surface area contributed by atoms with Crippen molar-refractivity contribution in [3.8, 4) is 0 Å². The number of carboxylic acid groups (broad SMARTS) is 1. The SMILES string of the molecule is CC(C)CS(=O)(=O)N1CCC([C@@H](NC2CCCCC2)C(=O)N2CCN(C(=O)O)C[C@H]2C(=O)NCc2cccs2)CC1. The van der Waals surface area contributed by atoms with Gasteiger partial charge in [0.1, 0.15) is 6.04 Å². The molecule has 0 unspecified atom stereocenters. The van der Waals surface area contributed by atoms with Crippen molar-refractivity contribution in [2.75, 3.05) is 38.5 Å². The first-order chi connectivity index (χ1) is 19.5. The summed E-state index contributed by atoms with van der Waals surface area (Å²) in [6, 6.07) is 2.50. The van der Waals surface area contributed by atoms with Gasteiger partial charge in [-0.1, -0.05) is 39.2 Å². The van der Waals surface area contributed by atoms with Crippen LogP contribution in [0.1, 0.15) is 63.7 Å². The van der Waals surface area contributed by atoms with E-state index in [-0.39, 0.29) is 55.1 Å². The van der Waals surface area contributed by atoms with Gasteiger partial charge in [0.25, 0.3) is 0 Å². The Kier molecular flexibility index (Phi) is 11.1. The van der Waals surface area contributed by atoms with E-state index in [4.69, 9.17) is 0 Å². The third kappa shape index (κ3) is 8.42. The Bertz CT molecular complexity index is 1130. The van der Waals surface area contributed by atoms with Gasteiger partial charge < -0.3 is 25.5 Å². The first-order valence-electron chi connectivity index (χ1n) is 14.9. The van der Waals surface area contributed by atoms with E-state index in [1.54, 1.807) is 9.21 Å². The average Bonchev–Trinajstić information content (AvgIpc) is 3.48. The van der Waals surface area contributed by atoms with Crippen molar-refractivity contribution >= 4 is 39.3 Å². The van der Waals surface area contributed by atoms with Crippen molar-refractivity contribution in [2.45, 2.75) is 83.5 Å². The minimum absolute atomic E-state index is 0.0346. The second kappa shape index (κ2) is 14.3. The molecule has 0 radical (unpaired) electrons. The monoisotopic (exact) mass is 611 g/mol. The van der Waals surface area contributed by atoms with E-state index in [1.807, 2.05) is 31.4 Å². The zero-order chi connectivity index (χ0) is 29.6. The van der Waals surface area contributed by atoms with E-state index in [2.05, 4.69) is 10.6 Å². The lowest BCUT2D eigenvalue weighted by molar-refractivity contribution is -0.146. The zero-order valence-corrected chi connectivity index (χ0v) is 25.8. The van der Waals surface area contributed by atoms with Crippen LogP contribution in [0.3, 0.4) is 0 Å². The number of sulfonamides is 1. The molecule has 2 atom stereocenters. The topological polar surface area (TPSA) is 139 Å². The summed E-state index contributed by atoms with van der Waals surface area (Å²) in [6.07, 6.45) is 5.30. The van der Waals surface area contributed by atoms with E-state index in [1.165, 1.54) is 22.7 Å². The van der Waals surface area contributed by atoms with Crippen molar-refractivity contribution in [3.63, 3.8) is 0 Å². The molecule has 0 spiro atoms. The number of amides is 3. The van der Waals surface area contributed by atoms with Gasteiger partial charge in [0.05, 0.1) is 24.9 Å². The van der Waals surface area contributed by atoms with Crippen LogP contribution < -0.4 is 10.6 Å². The highest BCUT2D eigenvalue weighted by Crippen LogP contribution is 2.28. The fourth-order valence-corrected chi connectivity index (χ4v) is 8.74. The summed E-state index contributed by atoms with van der Waals surface area (Å²) >= 11 is 1.52. The van der Waals surface area contributed by atoms with E-state index in [0.29, 0.717) is 32.5 Å². The highest BCUT2D eigenvalue weighted by Gasteiger charge is 2.43. The highest BCUT2D eigenvalue weighted by atomic mass is 32.2. The van der Waals surface area contributed by atoms with Crippen molar-refractivity contribution < 1.29 is 27.9 Å². The van der Waals surface area contributed by atoms with Crippen molar-refractivity contribution in [1.29, 1.82) is 0 Å². The summed E-state index contributed by atoms with van der Waals surface area (Å²) in [6.45, 7) is 5.02. The molecule has 41 heavy (non-hydrogen) atoms. The average molecular weight is 612 g/mol. The lowest BCUT2D eigenvalue weighted by Crippen LogP contribution is -2.65.